The lowest BCUT2D eigenvalue weighted by molar-refractivity contribution is -0.131. The van der Waals surface area contributed by atoms with Gasteiger partial charge in [0.25, 0.3) is 5.91 Å². The molecule has 3 aromatic rings. The second-order valence-electron chi connectivity index (χ2n) is 12.4. The Hall–Kier alpha value is -5.01. The van der Waals surface area contributed by atoms with E-state index in [1.807, 2.05) is 72.8 Å². The minimum atomic E-state index is -1.20. The summed E-state index contributed by atoms with van der Waals surface area (Å²) in [4.78, 5) is 55.5. The molecule has 1 heterocycles. The van der Waals surface area contributed by atoms with Crippen LogP contribution in [0.5, 0.6) is 0 Å². The van der Waals surface area contributed by atoms with E-state index in [1.54, 1.807) is 38.9 Å². The van der Waals surface area contributed by atoms with Gasteiger partial charge in [0.2, 0.25) is 5.91 Å². The molecule has 0 saturated carbocycles. The maximum absolute atomic E-state index is 13.6. The summed E-state index contributed by atoms with van der Waals surface area (Å²) in [5.74, 6) is -1.58. The summed E-state index contributed by atoms with van der Waals surface area (Å²) in [7, 11) is 2.43. The molecule has 4 atom stereocenters. The van der Waals surface area contributed by atoms with Crippen molar-refractivity contribution >= 4 is 24.0 Å². The molecule has 0 spiro atoms. The van der Waals surface area contributed by atoms with Crippen LogP contribution in [-0.4, -0.2) is 84.1 Å². The number of nitrogens with zero attached hydrogens (tertiary/aromatic N) is 2. The molecule has 0 bridgehead atoms. The lowest BCUT2D eigenvalue weighted by Gasteiger charge is -2.33. The van der Waals surface area contributed by atoms with Gasteiger partial charge >= 0.3 is 12.2 Å². The Morgan fingerprint density at radius 3 is 1.84 bits per heavy atom. The van der Waals surface area contributed by atoms with Crippen LogP contribution in [0.1, 0.15) is 38.8 Å². The zero-order chi connectivity index (χ0) is 35.9. The number of benzene rings is 2. The Morgan fingerprint density at radius 1 is 0.735 bits per heavy atom. The fourth-order valence-corrected chi connectivity index (χ4v) is 5.13. The molecule has 13 heteroatoms. The number of carbonyl (C=O) groups excluding carboxylic acids is 4. The zero-order valence-corrected chi connectivity index (χ0v) is 28.9. The smallest absolute Gasteiger partial charge is 0.407 e. The number of amides is 4. The molecule has 0 fully saturated rings. The highest BCUT2D eigenvalue weighted by Gasteiger charge is 2.32. The van der Waals surface area contributed by atoms with E-state index in [9.17, 15) is 24.3 Å². The van der Waals surface area contributed by atoms with Crippen LogP contribution in [0, 0.1) is 11.8 Å². The van der Waals surface area contributed by atoms with Crippen LogP contribution in [0.2, 0.25) is 0 Å². The largest absolute Gasteiger partial charge is 0.453 e. The molecule has 13 nitrogen and oxygen atoms in total. The minimum absolute atomic E-state index is 0.106. The quantitative estimate of drug-likeness (QED) is 0.143. The van der Waals surface area contributed by atoms with E-state index in [-0.39, 0.29) is 31.3 Å². The summed E-state index contributed by atoms with van der Waals surface area (Å²) in [5, 5.41) is 21.3. The van der Waals surface area contributed by atoms with Gasteiger partial charge in [-0.2, -0.15) is 0 Å². The molecule has 49 heavy (non-hydrogen) atoms. The van der Waals surface area contributed by atoms with Crippen LogP contribution in [0.3, 0.4) is 0 Å². The molecule has 0 saturated heterocycles. The highest BCUT2D eigenvalue weighted by molar-refractivity contribution is 5.86. The third-order valence-corrected chi connectivity index (χ3v) is 7.87. The van der Waals surface area contributed by atoms with Crippen molar-refractivity contribution in [2.24, 2.45) is 11.8 Å². The Labute approximate surface area is 287 Å². The molecular weight excluding hydrogens is 628 g/mol. The van der Waals surface area contributed by atoms with Gasteiger partial charge in [-0.3, -0.25) is 20.0 Å². The summed E-state index contributed by atoms with van der Waals surface area (Å²) in [6.45, 7) is 7.22. The molecule has 0 aliphatic heterocycles. The number of pyridine rings is 1. The molecule has 0 unspecified atom stereocenters. The topological polar surface area (TPSA) is 171 Å². The monoisotopic (exact) mass is 676 g/mol. The SMILES string of the molecule is COC(=O)N[C@H](C(=O)N[C@H](Cc1ccccc1)[C@H](O)CN(Cc1ccc(-c2ccccn2)cc1)NC(=O)[C@H](NC(=O)OC)C(C)C)C(C)C. The highest BCUT2D eigenvalue weighted by atomic mass is 16.5. The van der Waals surface area contributed by atoms with Gasteiger partial charge in [0, 0.05) is 24.8 Å². The lowest BCUT2D eigenvalue weighted by Crippen LogP contribution is -2.59. The summed E-state index contributed by atoms with van der Waals surface area (Å²) in [6.07, 6.45) is -0.729. The zero-order valence-electron chi connectivity index (χ0n) is 28.9. The van der Waals surface area contributed by atoms with Gasteiger partial charge in [0.15, 0.2) is 0 Å². The summed E-state index contributed by atoms with van der Waals surface area (Å²) in [6, 6.07) is 20.0. The maximum Gasteiger partial charge on any atom is 0.407 e. The van der Waals surface area contributed by atoms with E-state index >= 15 is 0 Å². The number of aliphatic hydroxyl groups excluding tert-OH is 1. The number of nitrogens with one attached hydrogen (secondary N) is 4. The van der Waals surface area contributed by atoms with Gasteiger partial charge in [-0.25, -0.2) is 14.6 Å². The van der Waals surface area contributed by atoms with Crippen LogP contribution in [0.4, 0.5) is 9.59 Å². The molecule has 3 rings (SSSR count). The number of hydrazine groups is 1. The van der Waals surface area contributed by atoms with Crippen LogP contribution in [0.15, 0.2) is 79.0 Å². The van der Waals surface area contributed by atoms with Crippen molar-refractivity contribution in [2.45, 2.75) is 64.9 Å². The number of aliphatic hydroxyl groups is 1. The van der Waals surface area contributed by atoms with Crippen molar-refractivity contribution in [2.75, 3.05) is 20.8 Å². The maximum atomic E-state index is 13.6. The van der Waals surface area contributed by atoms with Crippen LogP contribution >= 0.6 is 0 Å². The van der Waals surface area contributed by atoms with Gasteiger partial charge in [-0.15, -0.1) is 0 Å². The first-order valence-electron chi connectivity index (χ1n) is 16.2. The highest BCUT2D eigenvalue weighted by Crippen LogP contribution is 2.18. The molecule has 1 aromatic heterocycles. The predicted molar refractivity (Wildman–Crippen MR) is 185 cm³/mol. The van der Waals surface area contributed by atoms with Crippen LogP contribution < -0.4 is 21.4 Å². The first-order chi connectivity index (χ1) is 23.4. The van der Waals surface area contributed by atoms with E-state index in [2.05, 4.69) is 26.4 Å². The Morgan fingerprint density at radius 2 is 1.31 bits per heavy atom. The number of hydrogen-bond donors (Lipinski definition) is 5. The van der Waals surface area contributed by atoms with Crippen LogP contribution in [-0.2, 0) is 32.0 Å². The first kappa shape index (κ1) is 38.4. The Kier molecular flexibility index (Phi) is 15.0. The number of carbonyl (C=O) groups is 4. The van der Waals surface area contributed by atoms with Gasteiger partial charge < -0.3 is 30.5 Å². The van der Waals surface area contributed by atoms with Crippen molar-refractivity contribution in [3.8, 4) is 11.3 Å². The van der Waals surface area contributed by atoms with Crippen molar-refractivity contribution in [3.05, 3.63) is 90.1 Å². The fraction of sp³-hybridized carbons (Fsp3) is 0.417. The predicted octanol–water partition coefficient (Wildman–Crippen LogP) is 3.43. The Balaban J connectivity index is 1.91. The van der Waals surface area contributed by atoms with Gasteiger partial charge in [-0.1, -0.05) is 88.4 Å². The molecule has 264 valence electrons. The number of methoxy groups -OCH3 is 2. The van der Waals surface area contributed by atoms with Crippen molar-refractivity contribution in [1.82, 2.24) is 31.4 Å². The summed E-state index contributed by atoms with van der Waals surface area (Å²) in [5.41, 5.74) is 6.26. The number of aromatic nitrogens is 1. The van der Waals surface area contributed by atoms with Crippen molar-refractivity contribution < 1.29 is 33.8 Å². The van der Waals surface area contributed by atoms with Crippen molar-refractivity contribution in [3.63, 3.8) is 0 Å². The van der Waals surface area contributed by atoms with Crippen molar-refractivity contribution in [1.29, 1.82) is 0 Å². The summed E-state index contributed by atoms with van der Waals surface area (Å²) < 4.78 is 9.43. The molecule has 0 aliphatic carbocycles. The van der Waals surface area contributed by atoms with E-state index in [0.29, 0.717) is 0 Å². The van der Waals surface area contributed by atoms with Gasteiger partial charge in [-0.05, 0) is 41.5 Å². The fourth-order valence-electron chi connectivity index (χ4n) is 5.13. The molecule has 5 N–H and O–H groups in total. The first-order valence-corrected chi connectivity index (χ1v) is 16.2. The average molecular weight is 677 g/mol. The molecule has 0 aliphatic rings. The number of ether oxygens (including phenoxy) is 2. The number of alkyl carbamates (subject to hydrolysis) is 2. The second kappa shape index (κ2) is 19.1. The molecule has 4 amide bonds. The minimum Gasteiger partial charge on any atom is -0.453 e. The molecule has 2 aromatic carbocycles. The van der Waals surface area contributed by atoms with E-state index in [0.717, 1.165) is 22.4 Å². The lowest BCUT2D eigenvalue weighted by atomic mass is 9.98. The number of rotatable bonds is 16. The third kappa shape index (κ3) is 12.2. The second-order valence-corrected chi connectivity index (χ2v) is 12.4. The van der Waals surface area contributed by atoms with Crippen LogP contribution in [0.25, 0.3) is 11.3 Å². The number of hydrogen-bond acceptors (Lipinski definition) is 9. The van der Waals surface area contributed by atoms with Gasteiger partial charge in [0.05, 0.1) is 32.1 Å². The summed E-state index contributed by atoms with van der Waals surface area (Å²) >= 11 is 0. The molecular formula is C36H48N6O7. The van der Waals surface area contributed by atoms with E-state index < -0.39 is 48.2 Å². The normalized spacial score (nSPS) is 13.6. The standard InChI is InChI=1S/C36H48N6O7/c1-23(2)31(39-35(46)48-5)33(44)38-29(20-25-12-8-7-9-13-25)30(43)22-42(41-34(45)32(24(3)4)40-36(47)49-6)21-26-15-17-27(18-16-26)28-14-10-11-19-37-28/h7-19,23-24,29-32,43H,20-22H2,1-6H3,(H,38,44)(H,39,46)(H,40,47)(H,41,45)/t29-,30-,31+,32-/m1/s1. The Bertz CT molecular complexity index is 1490. The van der Waals surface area contributed by atoms with E-state index in [4.69, 9.17) is 9.47 Å². The van der Waals surface area contributed by atoms with Gasteiger partial charge in [0.1, 0.15) is 12.1 Å². The van der Waals surface area contributed by atoms with E-state index in [1.165, 1.54) is 14.2 Å². The molecule has 0 radical (unpaired) electrons. The average Bonchev–Trinajstić information content (AvgIpc) is 3.09. The third-order valence-electron chi connectivity index (χ3n) is 7.87.